The third-order valence-electron chi connectivity index (χ3n) is 3.19. The molecule has 2 rings (SSSR count). The first-order chi connectivity index (χ1) is 10.5. The summed E-state index contributed by atoms with van der Waals surface area (Å²) in [6.07, 6.45) is 2.12. The molecule has 0 aliphatic heterocycles. The summed E-state index contributed by atoms with van der Waals surface area (Å²) in [5.41, 5.74) is 0.896. The monoisotopic (exact) mass is 322 g/mol. The quantitative estimate of drug-likeness (QED) is 0.836. The predicted octanol–water partition coefficient (Wildman–Crippen LogP) is 1.20. The first kappa shape index (κ1) is 16.3. The van der Waals surface area contributed by atoms with Crippen LogP contribution in [0.1, 0.15) is 12.5 Å². The lowest BCUT2D eigenvalue weighted by atomic mass is 10.2. The second kappa shape index (κ2) is 6.76. The molecule has 0 radical (unpaired) electrons. The van der Waals surface area contributed by atoms with Crippen LogP contribution in [0.5, 0.6) is 0 Å². The summed E-state index contributed by atoms with van der Waals surface area (Å²) in [6, 6.07) is 9.35. The molecule has 0 unspecified atom stereocenters. The number of nitrogens with zero attached hydrogens (tertiary/aromatic N) is 1. The summed E-state index contributed by atoms with van der Waals surface area (Å²) in [6.45, 7) is 1.86. The fraction of sp³-hybridized carbons (Fsp3) is 0.267. The van der Waals surface area contributed by atoms with Gasteiger partial charge in [0.25, 0.3) is 15.6 Å². The number of hydrogen-bond donors (Lipinski definition) is 2. The Bertz CT molecular complexity index is 812. The maximum absolute atomic E-state index is 12.4. The second-order valence-electron chi connectivity index (χ2n) is 4.78. The molecule has 2 N–H and O–H groups in total. The zero-order valence-corrected chi connectivity index (χ0v) is 13.0. The smallest absolute Gasteiger partial charge is 0.261 e. The molecule has 0 saturated heterocycles. The minimum Gasteiger partial charge on any atom is -0.395 e. The molecular weight excluding hydrogens is 304 g/mol. The van der Waals surface area contributed by atoms with Crippen LogP contribution in [0.25, 0.3) is 0 Å². The van der Waals surface area contributed by atoms with Crippen LogP contribution in [0.3, 0.4) is 0 Å². The summed E-state index contributed by atoms with van der Waals surface area (Å²) >= 11 is 0. The largest absolute Gasteiger partial charge is 0.395 e. The van der Waals surface area contributed by atoms with Gasteiger partial charge in [-0.25, -0.2) is 8.42 Å². The molecule has 0 aliphatic rings. The van der Waals surface area contributed by atoms with Crippen molar-refractivity contribution in [1.29, 1.82) is 0 Å². The van der Waals surface area contributed by atoms with Gasteiger partial charge in [-0.3, -0.25) is 9.52 Å². The number of aliphatic hydroxyl groups is 1. The number of aromatic nitrogens is 1. The van der Waals surface area contributed by atoms with Crippen molar-refractivity contribution in [3.63, 3.8) is 0 Å². The van der Waals surface area contributed by atoms with Gasteiger partial charge in [0.1, 0.15) is 0 Å². The molecule has 0 spiro atoms. The van der Waals surface area contributed by atoms with Crippen LogP contribution in [0.15, 0.2) is 52.3 Å². The zero-order valence-electron chi connectivity index (χ0n) is 12.2. The van der Waals surface area contributed by atoms with E-state index in [2.05, 4.69) is 4.72 Å². The van der Waals surface area contributed by atoms with Crippen molar-refractivity contribution >= 4 is 15.7 Å². The van der Waals surface area contributed by atoms with Gasteiger partial charge in [0.15, 0.2) is 0 Å². The highest BCUT2D eigenvalue weighted by Crippen LogP contribution is 2.16. The van der Waals surface area contributed by atoms with Crippen molar-refractivity contribution in [2.24, 2.45) is 0 Å². The number of hydrogen-bond acceptors (Lipinski definition) is 4. The van der Waals surface area contributed by atoms with Crippen molar-refractivity contribution in [2.75, 3.05) is 11.3 Å². The molecule has 7 heteroatoms. The number of aryl methyl sites for hydroxylation is 1. The van der Waals surface area contributed by atoms with E-state index in [0.717, 1.165) is 12.0 Å². The topological polar surface area (TPSA) is 88.4 Å². The predicted molar refractivity (Wildman–Crippen MR) is 84.4 cm³/mol. The normalized spacial score (nSPS) is 11.4. The SMILES string of the molecule is CCc1cccc(S(=O)(=O)Nc2ccc(=O)n(CCO)c2)c1. The average molecular weight is 322 g/mol. The summed E-state index contributed by atoms with van der Waals surface area (Å²) < 4.78 is 28.4. The van der Waals surface area contributed by atoms with E-state index in [1.54, 1.807) is 12.1 Å². The van der Waals surface area contributed by atoms with Crippen molar-refractivity contribution < 1.29 is 13.5 Å². The number of sulfonamides is 1. The Kier molecular flexibility index (Phi) is 4.99. The molecule has 1 aromatic heterocycles. The minimum atomic E-state index is -3.72. The molecule has 0 atom stereocenters. The van der Waals surface area contributed by atoms with Crippen molar-refractivity contribution in [3.8, 4) is 0 Å². The molecule has 0 aliphatic carbocycles. The summed E-state index contributed by atoms with van der Waals surface area (Å²) in [5.74, 6) is 0. The molecule has 0 fully saturated rings. The lowest BCUT2D eigenvalue weighted by Crippen LogP contribution is -2.22. The van der Waals surface area contributed by atoms with Crippen LogP contribution < -0.4 is 10.3 Å². The highest BCUT2D eigenvalue weighted by Gasteiger charge is 2.15. The molecule has 0 bridgehead atoms. The van der Waals surface area contributed by atoms with Gasteiger partial charge in [-0.05, 0) is 30.2 Å². The molecule has 0 amide bonds. The van der Waals surface area contributed by atoms with E-state index in [1.165, 1.54) is 29.0 Å². The lowest BCUT2D eigenvalue weighted by molar-refractivity contribution is 0.274. The van der Waals surface area contributed by atoms with Gasteiger partial charge in [-0.2, -0.15) is 0 Å². The van der Waals surface area contributed by atoms with Crippen molar-refractivity contribution in [2.45, 2.75) is 24.8 Å². The molecule has 6 nitrogen and oxygen atoms in total. The number of rotatable bonds is 6. The highest BCUT2D eigenvalue weighted by molar-refractivity contribution is 7.92. The Hall–Kier alpha value is -2.12. The maximum atomic E-state index is 12.4. The van der Waals surface area contributed by atoms with Gasteiger partial charge in [0.05, 0.1) is 17.2 Å². The molecule has 1 aromatic carbocycles. The molecular formula is C15H18N2O4S. The van der Waals surface area contributed by atoms with Gasteiger partial charge in [-0.1, -0.05) is 19.1 Å². The Labute approximate surface area is 129 Å². The van der Waals surface area contributed by atoms with Gasteiger partial charge in [0.2, 0.25) is 0 Å². The van der Waals surface area contributed by atoms with E-state index >= 15 is 0 Å². The maximum Gasteiger partial charge on any atom is 0.261 e. The summed E-state index contributed by atoms with van der Waals surface area (Å²) in [5, 5.41) is 8.90. The number of anilines is 1. The standard InChI is InChI=1S/C15H18N2O4S/c1-2-12-4-3-5-14(10-12)22(20,21)16-13-6-7-15(19)17(11-13)8-9-18/h3-7,10-11,16,18H,2,8-9H2,1H3. The van der Waals surface area contributed by atoms with Crippen LogP contribution in [-0.2, 0) is 23.0 Å². The third-order valence-corrected chi connectivity index (χ3v) is 4.57. The van der Waals surface area contributed by atoms with Crippen molar-refractivity contribution in [3.05, 3.63) is 58.5 Å². The van der Waals surface area contributed by atoms with E-state index in [-0.39, 0.29) is 29.3 Å². The van der Waals surface area contributed by atoms with E-state index in [1.807, 2.05) is 13.0 Å². The van der Waals surface area contributed by atoms with E-state index in [9.17, 15) is 13.2 Å². The number of pyridine rings is 1. The van der Waals surface area contributed by atoms with Gasteiger partial charge in [0, 0.05) is 18.8 Å². The summed E-state index contributed by atoms with van der Waals surface area (Å²) in [7, 11) is -3.72. The van der Waals surface area contributed by atoms with Gasteiger partial charge >= 0.3 is 0 Å². The van der Waals surface area contributed by atoms with Crippen molar-refractivity contribution in [1.82, 2.24) is 4.57 Å². The minimum absolute atomic E-state index is 0.111. The Morgan fingerprint density at radius 1 is 1.23 bits per heavy atom. The van der Waals surface area contributed by atoms with Crippen LogP contribution in [0.2, 0.25) is 0 Å². The Morgan fingerprint density at radius 3 is 2.68 bits per heavy atom. The van der Waals surface area contributed by atoms with E-state index in [0.29, 0.717) is 0 Å². The zero-order chi connectivity index (χ0) is 16.2. The lowest BCUT2D eigenvalue weighted by Gasteiger charge is -2.11. The fourth-order valence-corrected chi connectivity index (χ4v) is 3.13. The van der Waals surface area contributed by atoms with Gasteiger partial charge < -0.3 is 9.67 Å². The Morgan fingerprint density at radius 2 is 2.00 bits per heavy atom. The number of nitrogens with one attached hydrogen (secondary N) is 1. The molecule has 118 valence electrons. The first-order valence-electron chi connectivity index (χ1n) is 6.89. The average Bonchev–Trinajstić information content (AvgIpc) is 2.51. The molecule has 1 heterocycles. The van der Waals surface area contributed by atoms with E-state index < -0.39 is 10.0 Å². The van der Waals surface area contributed by atoms with Crippen LogP contribution in [0, 0.1) is 0 Å². The Balaban J connectivity index is 2.32. The molecule has 2 aromatic rings. The molecule has 22 heavy (non-hydrogen) atoms. The van der Waals surface area contributed by atoms with Crippen LogP contribution >= 0.6 is 0 Å². The second-order valence-corrected chi connectivity index (χ2v) is 6.46. The van der Waals surface area contributed by atoms with Crippen LogP contribution in [0.4, 0.5) is 5.69 Å². The molecule has 0 saturated carbocycles. The van der Waals surface area contributed by atoms with Crippen LogP contribution in [-0.4, -0.2) is 24.7 Å². The highest BCUT2D eigenvalue weighted by atomic mass is 32.2. The fourth-order valence-electron chi connectivity index (χ4n) is 2.02. The first-order valence-corrected chi connectivity index (χ1v) is 8.37. The number of benzene rings is 1. The van der Waals surface area contributed by atoms with Gasteiger partial charge in [-0.15, -0.1) is 0 Å². The number of aliphatic hydroxyl groups excluding tert-OH is 1. The summed E-state index contributed by atoms with van der Waals surface area (Å²) in [4.78, 5) is 11.7. The van der Waals surface area contributed by atoms with E-state index in [4.69, 9.17) is 5.11 Å². The third kappa shape index (κ3) is 3.75.